The van der Waals surface area contributed by atoms with Gasteiger partial charge in [0.2, 0.25) is 0 Å². The first-order valence-electron chi connectivity index (χ1n) is 5.19. The Labute approximate surface area is 79.8 Å². The fraction of sp³-hybridized carbons (Fsp3) is 0.818. The van der Waals surface area contributed by atoms with Crippen molar-refractivity contribution in [3.63, 3.8) is 0 Å². The van der Waals surface area contributed by atoms with E-state index in [1.165, 1.54) is 12.8 Å². The van der Waals surface area contributed by atoms with Crippen molar-refractivity contribution in [1.29, 1.82) is 0 Å². The molecule has 0 heterocycles. The maximum Gasteiger partial charge on any atom is 0.0499 e. The van der Waals surface area contributed by atoms with Crippen LogP contribution in [0.3, 0.4) is 0 Å². The average Bonchev–Trinajstić information content (AvgIpc) is 2.77. The van der Waals surface area contributed by atoms with Crippen LogP contribution in [0.2, 0.25) is 0 Å². The number of rotatable bonds is 3. The highest BCUT2D eigenvalue weighted by Crippen LogP contribution is 2.50. The molecule has 2 bridgehead atoms. The normalized spacial score (nSPS) is 41.0. The minimum atomic E-state index is -0.0514. The van der Waals surface area contributed by atoms with Crippen molar-refractivity contribution in [2.24, 2.45) is 28.9 Å². The highest BCUT2D eigenvalue weighted by atomic mass is 16.3. The van der Waals surface area contributed by atoms with Crippen molar-refractivity contribution in [3.05, 3.63) is 12.2 Å². The van der Waals surface area contributed by atoms with Gasteiger partial charge in [0.1, 0.15) is 0 Å². The van der Waals surface area contributed by atoms with Crippen molar-refractivity contribution < 1.29 is 5.11 Å². The molecule has 0 radical (unpaired) electrons. The quantitative estimate of drug-likeness (QED) is 0.642. The lowest BCUT2D eigenvalue weighted by Gasteiger charge is -2.36. The Morgan fingerprint density at radius 1 is 1.46 bits per heavy atom. The van der Waals surface area contributed by atoms with Gasteiger partial charge in [-0.3, -0.25) is 0 Å². The van der Waals surface area contributed by atoms with Gasteiger partial charge in [0.05, 0.1) is 0 Å². The molecule has 2 aliphatic rings. The van der Waals surface area contributed by atoms with E-state index >= 15 is 0 Å². The van der Waals surface area contributed by atoms with E-state index in [4.69, 9.17) is 5.73 Å². The molecule has 2 aliphatic carbocycles. The Morgan fingerprint density at radius 2 is 2.23 bits per heavy atom. The molecule has 4 unspecified atom stereocenters. The Kier molecular flexibility index (Phi) is 2.20. The van der Waals surface area contributed by atoms with Gasteiger partial charge in [0, 0.05) is 18.6 Å². The first kappa shape index (κ1) is 9.22. The zero-order valence-corrected chi connectivity index (χ0v) is 8.24. The van der Waals surface area contributed by atoms with Crippen LogP contribution >= 0.6 is 0 Å². The third-order valence-corrected chi connectivity index (χ3v) is 4.00. The average molecular weight is 181 g/mol. The molecular formula is C11H19NO. The summed E-state index contributed by atoms with van der Waals surface area (Å²) in [6.07, 6.45) is 7.17. The molecule has 0 aromatic carbocycles. The molecule has 0 aliphatic heterocycles. The number of aliphatic hydroxyl groups excluding tert-OH is 1. The summed E-state index contributed by atoms with van der Waals surface area (Å²) in [6.45, 7) is 2.95. The third-order valence-electron chi connectivity index (χ3n) is 4.00. The van der Waals surface area contributed by atoms with Crippen LogP contribution in [0, 0.1) is 23.2 Å². The lowest BCUT2D eigenvalue weighted by Crippen LogP contribution is -2.40. The van der Waals surface area contributed by atoms with Gasteiger partial charge < -0.3 is 10.8 Å². The molecule has 0 spiro atoms. The summed E-state index contributed by atoms with van der Waals surface area (Å²) in [7, 11) is 0. The zero-order chi connectivity index (χ0) is 9.47. The lowest BCUT2D eigenvalue weighted by atomic mass is 9.71. The summed E-state index contributed by atoms with van der Waals surface area (Å²) in [5.41, 5.74) is 5.69. The summed E-state index contributed by atoms with van der Waals surface area (Å²) < 4.78 is 0. The number of aliphatic hydroxyl groups is 1. The van der Waals surface area contributed by atoms with Crippen LogP contribution in [-0.4, -0.2) is 18.3 Å². The molecule has 2 heteroatoms. The number of fused-ring (bicyclic) bond motifs is 2. The fourth-order valence-corrected chi connectivity index (χ4v) is 2.92. The largest absolute Gasteiger partial charge is 0.396 e. The Bertz CT molecular complexity index is 220. The summed E-state index contributed by atoms with van der Waals surface area (Å²) in [4.78, 5) is 0. The van der Waals surface area contributed by atoms with Crippen LogP contribution in [0.5, 0.6) is 0 Å². The summed E-state index contributed by atoms with van der Waals surface area (Å²) in [5, 5.41) is 9.37. The molecule has 0 saturated heterocycles. The zero-order valence-electron chi connectivity index (χ0n) is 8.24. The van der Waals surface area contributed by atoms with Gasteiger partial charge in [0.25, 0.3) is 0 Å². The Morgan fingerprint density at radius 3 is 2.62 bits per heavy atom. The molecule has 0 aromatic heterocycles. The maximum atomic E-state index is 9.37. The summed E-state index contributed by atoms with van der Waals surface area (Å²) >= 11 is 0. The van der Waals surface area contributed by atoms with Crippen LogP contribution in [0.25, 0.3) is 0 Å². The van der Waals surface area contributed by atoms with E-state index in [-0.39, 0.29) is 12.0 Å². The summed E-state index contributed by atoms with van der Waals surface area (Å²) in [5.74, 6) is 2.07. The molecule has 74 valence electrons. The topological polar surface area (TPSA) is 46.2 Å². The van der Waals surface area contributed by atoms with E-state index in [0.717, 1.165) is 5.92 Å². The molecule has 2 rings (SSSR count). The van der Waals surface area contributed by atoms with Crippen LogP contribution in [-0.2, 0) is 0 Å². The minimum absolute atomic E-state index is 0.0514. The van der Waals surface area contributed by atoms with Crippen molar-refractivity contribution in [2.45, 2.75) is 19.8 Å². The Hall–Kier alpha value is -0.340. The monoisotopic (exact) mass is 181 g/mol. The van der Waals surface area contributed by atoms with Gasteiger partial charge in [-0.05, 0) is 30.6 Å². The van der Waals surface area contributed by atoms with Crippen LogP contribution in [0.1, 0.15) is 19.8 Å². The smallest absolute Gasteiger partial charge is 0.0499 e. The van der Waals surface area contributed by atoms with E-state index < -0.39 is 0 Å². The maximum absolute atomic E-state index is 9.37. The van der Waals surface area contributed by atoms with Gasteiger partial charge in [-0.25, -0.2) is 0 Å². The number of nitrogens with two attached hydrogens (primary N) is 1. The first-order chi connectivity index (χ1) is 6.19. The van der Waals surface area contributed by atoms with E-state index in [9.17, 15) is 5.11 Å². The van der Waals surface area contributed by atoms with E-state index in [2.05, 4.69) is 19.1 Å². The van der Waals surface area contributed by atoms with E-state index in [0.29, 0.717) is 18.4 Å². The molecule has 1 fully saturated rings. The lowest BCUT2D eigenvalue weighted by molar-refractivity contribution is 0.0718. The standard InChI is InChI=1S/C11H19NO/c1-11(6-12,7-13)10-5-8-2-3-9(10)4-8/h2-3,8-10,13H,4-7,12H2,1H3. The predicted octanol–water partition coefficient (Wildman–Crippen LogP) is 1.16. The van der Waals surface area contributed by atoms with Crippen LogP contribution in [0.4, 0.5) is 0 Å². The molecule has 0 amide bonds. The SMILES string of the molecule is CC(CN)(CO)C1CC2C=CC1C2. The van der Waals surface area contributed by atoms with E-state index in [1.807, 2.05) is 0 Å². The second-order valence-corrected chi connectivity index (χ2v) is 4.90. The molecule has 3 N–H and O–H groups in total. The molecule has 2 nitrogen and oxygen atoms in total. The van der Waals surface area contributed by atoms with Gasteiger partial charge in [-0.15, -0.1) is 0 Å². The number of hydrogen-bond donors (Lipinski definition) is 2. The number of hydrogen-bond acceptors (Lipinski definition) is 2. The molecule has 13 heavy (non-hydrogen) atoms. The molecule has 0 aromatic rings. The molecular weight excluding hydrogens is 162 g/mol. The Balaban J connectivity index is 2.13. The summed E-state index contributed by atoms with van der Waals surface area (Å²) in [6, 6.07) is 0. The van der Waals surface area contributed by atoms with Crippen molar-refractivity contribution in [1.82, 2.24) is 0 Å². The van der Waals surface area contributed by atoms with Crippen molar-refractivity contribution >= 4 is 0 Å². The predicted molar refractivity (Wildman–Crippen MR) is 53.1 cm³/mol. The highest BCUT2D eigenvalue weighted by molar-refractivity contribution is 5.13. The second-order valence-electron chi connectivity index (χ2n) is 4.90. The van der Waals surface area contributed by atoms with Crippen molar-refractivity contribution in [3.8, 4) is 0 Å². The minimum Gasteiger partial charge on any atom is -0.396 e. The van der Waals surface area contributed by atoms with Gasteiger partial charge in [-0.2, -0.15) is 0 Å². The highest BCUT2D eigenvalue weighted by Gasteiger charge is 2.45. The number of allylic oxidation sites excluding steroid dienone is 2. The van der Waals surface area contributed by atoms with Gasteiger partial charge >= 0.3 is 0 Å². The van der Waals surface area contributed by atoms with E-state index in [1.54, 1.807) is 0 Å². The molecule has 1 saturated carbocycles. The molecule has 4 atom stereocenters. The van der Waals surface area contributed by atoms with Gasteiger partial charge in [0.15, 0.2) is 0 Å². The second kappa shape index (κ2) is 3.10. The first-order valence-corrected chi connectivity index (χ1v) is 5.19. The van der Waals surface area contributed by atoms with Crippen molar-refractivity contribution in [2.75, 3.05) is 13.2 Å². The van der Waals surface area contributed by atoms with Gasteiger partial charge in [-0.1, -0.05) is 19.1 Å². The third kappa shape index (κ3) is 1.32. The van der Waals surface area contributed by atoms with Crippen LogP contribution in [0.15, 0.2) is 12.2 Å². The fourth-order valence-electron chi connectivity index (χ4n) is 2.92. The van der Waals surface area contributed by atoms with Crippen LogP contribution < -0.4 is 5.73 Å².